The SMILES string of the molecule is CCN1C(=CC2=CC3=CC(=Cc4sc5ccc(SC)cc5[n+]4CC)CCC3CC2)Sc2ccc(OC)cc21.[I-]. The fraction of sp³-hybridized carbons (Fsp3) is 0.344. The molecule has 204 valence electrons. The Balaban J connectivity index is 0.00000308. The van der Waals surface area contributed by atoms with Crippen LogP contribution in [0.15, 0.2) is 86.2 Å². The highest BCUT2D eigenvalue weighted by atomic mass is 127. The molecule has 1 unspecified atom stereocenters. The standard InChI is InChI=1S/C32H35N2OS3.HI/c1-5-33-27-19-25(35-3)11-13-29(27)37-31(33)17-21-7-9-23-10-8-22(16-24(23)15-21)18-32-34(6-2)28-20-26(36-4)12-14-30(28)38-32;/h11-20,23H,5-10H2,1-4H3;1H/q+1;/p-1. The van der Waals surface area contributed by atoms with E-state index < -0.39 is 0 Å². The molecule has 1 aromatic heterocycles. The monoisotopic (exact) mass is 686 g/mol. The van der Waals surface area contributed by atoms with Gasteiger partial charge in [-0.15, -0.1) is 11.8 Å². The molecule has 0 fully saturated rings. The Kier molecular flexibility index (Phi) is 9.21. The van der Waals surface area contributed by atoms with Gasteiger partial charge in [-0.1, -0.05) is 35.3 Å². The van der Waals surface area contributed by atoms with Gasteiger partial charge < -0.3 is 33.6 Å². The third-order valence-electron chi connectivity index (χ3n) is 7.86. The summed E-state index contributed by atoms with van der Waals surface area (Å²) in [4.78, 5) is 5.06. The van der Waals surface area contributed by atoms with Crippen molar-refractivity contribution >= 4 is 56.8 Å². The lowest BCUT2D eigenvalue weighted by molar-refractivity contribution is -0.665. The summed E-state index contributed by atoms with van der Waals surface area (Å²) in [6.45, 7) is 6.44. The quantitative estimate of drug-likeness (QED) is 0.184. The Morgan fingerprint density at radius 1 is 1.08 bits per heavy atom. The third kappa shape index (κ3) is 5.74. The molecule has 0 saturated heterocycles. The second-order valence-electron chi connectivity index (χ2n) is 10.0. The molecule has 0 saturated carbocycles. The molecule has 2 aliphatic carbocycles. The maximum absolute atomic E-state index is 5.49. The van der Waals surface area contributed by atoms with Crippen LogP contribution in [-0.2, 0) is 6.54 Å². The van der Waals surface area contributed by atoms with E-state index in [1.54, 1.807) is 7.11 Å². The second-order valence-corrected chi connectivity index (χ2v) is 13.0. The van der Waals surface area contributed by atoms with E-state index >= 15 is 0 Å². The van der Waals surface area contributed by atoms with Crippen molar-refractivity contribution in [2.75, 3.05) is 24.8 Å². The summed E-state index contributed by atoms with van der Waals surface area (Å²) in [7, 11) is 1.74. The molecule has 3 aliphatic rings. The van der Waals surface area contributed by atoms with E-state index in [-0.39, 0.29) is 24.0 Å². The van der Waals surface area contributed by atoms with Crippen molar-refractivity contribution in [3.05, 3.63) is 81.4 Å². The summed E-state index contributed by atoms with van der Waals surface area (Å²) < 4.78 is 9.34. The van der Waals surface area contributed by atoms with Gasteiger partial charge in [-0.25, -0.2) is 0 Å². The molecule has 2 aromatic carbocycles. The van der Waals surface area contributed by atoms with Gasteiger partial charge in [0.25, 0.3) is 5.01 Å². The summed E-state index contributed by atoms with van der Waals surface area (Å²) in [6.07, 6.45) is 16.8. The van der Waals surface area contributed by atoms with Gasteiger partial charge in [0.2, 0.25) is 5.52 Å². The molecule has 3 aromatic rings. The van der Waals surface area contributed by atoms with Crippen LogP contribution in [0, 0.1) is 5.92 Å². The Labute approximate surface area is 262 Å². The number of halogens is 1. The number of aromatic nitrogens is 1. The Morgan fingerprint density at radius 2 is 1.92 bits per heavy atom. The minimum Gasteiger partial charge on any atom is -1.00 e. The normalized spacial score (nSPS) is 20.5. The molecule has 0 N–H and O–H groups in total. The van der Waals surface area contributed by atoms with Crippen LogP contribution in [-0.4, -0.2) is 19.9 Å². The van der Waals surface area contributed by atoms with Gasteiger partial charge in [0.05, 0.1) is 17.8 Å². The molecular weight excluding hydrogens is 651 g/mol. The number of benzene rings is 2. The highest BCUT2D eigenvalue weighted by molar-refractivity contribution is 8.03. The number of aryl methyl sites for hydroxylation is 1. The van der Waals surface area contributed by atoms with Gasteiger partial charge >= 0.3 is 0 Å². The summed E-state index contributed by atoms with van der Waals surface area (Å²) in [6, 6.07) is 13.3. The van der Waals surface area contributed by atoms with Gasteiger partial charge in [-0.2, -0.15) is 4.57 Å². The van der Waals surface area contributed by atoms with Crippen molar-refractivity contribution in [3.63, 3.8) is 0 Å². The first kappa shape index (κ1) is 28.8. The number of ether oxygens (including phenoxy) is 1. The van der Waals surface area contributed by atoms with E-state index in [1.165, 1.54) is 71.7 Å². The van der Waals surface area contributed by atoms with Crippen LogP contribution in [0.25, 0.3) is 16.3 Å². The molecule has 6 rings (SSSR count). The summed E-state index contributed by atoms with van der Waals surface area (Å²) in [5, 5.41) is 2.69. The van der Waals surface area contributed by atoms with Gasteiger partial charge in [0.15, 0.2) is 0 Å². The largest absolute Gasteiger partial charge is 1.00 e. The van der Waals surface area contributed by atoms with Gasteiger partial charge in [-0.3, -0.25) is 0 Å². The zero-order valence-electron chi connectivity index (χ0n) is 23.0. The lowest BCUT2D eigenvalue weighted by Crippen LogP contribution is -3.00. The van der Waals surface area contributed by atoms with Crippen LogP contribution in [0.5, 0.6) is 5.75 Å². The first-order valence-electron chi connectivity index (χ1n) is 13.6. The van der Waals surface area contributed by atoms with E-state index in [0.29, 0.717) is 5.92 Å². The molecule has 0 spiro atoms. The van der Waals surface area contributed by atoms with Gasteiger partial charge in [0, 0.05) is 34.5 Å². The molecular formula is C32H35IN2OS3. The van der Waals surface area contributed by atoms with E-state index in [1.807, 2.05) is 34.9 Å². The van der Waals surface area contributed by atoms with E-state index in [9.17, 15) is 0 Å². The van der Waals surface area contributed by atoms with Crippen LogP contribution >= 0.6 is 34.9 Å². The Morgan fingerprint density at radius 3 is 2.69 bits per heavy atom. The molecule has 0 radical (unpaired) electrons. The third-order valence-corrected chi connectivity index (χ3v) is 10.8. The zero-order chi connectivity index (χ0) is 26.2. The number of nitrogens with zero attached hydrogens (tertiary/aromatic N) is 2. The maximum atomic E-state index is 5.49. The van der Waals surface area contributed by atoms with Crippen molar-refractivity contribution in [2.45, 2.75) is 55.9 Å². The second kappa shape index (κ2) is 12.5. The molecule has 1 atom stereocenters. The number of thioether (sulfide) groups is 2. The number of hydrogen-bond donors (Lipinski definition) is 0. The number of methoxy groups -OCH3 is 1. The summed E-state index contributed by atoms with van der Waals surface area (Å²) >= 11 is 5.61. The predicted molar refractivity (Wildman–Crippen MR) is 166 cm³/mol. The van der Waals surface area contributed by atoms with Crippen LogP contribution in [0.3, 0.4) is 0 Å². The van der Waals surface area contributed by atoms with Crippen molar-refractivity contribution in [3.8, 4) is 5.75 Å². The first-order chi connectivity index (χ1) is 18.6. The van der Waals surface area contributed by atoms with Gasteiger partial charge in [0.1, 0.15) is 17.0 Å². The fourth-order valence-corrected chi connectivity index (χ4v) is 8.64. The molecule has 1 aliphatic heterocycles. The van der Waals surface area contributed by atoms with Crippen LogP contribution in [0.2, 0.25) is 0 Å². The summed E-state index contributed by atoms with van der Waals surface area (Å²) in [5.74, 6) is 1.61. The smallest absolute Gasteiger partial charge is 0.263 e. The first-order valence-corrected chi connectivity index (χ1v) is 16.4. The van der Waals surface area contributed by atoms with Crippen molar-refractivity contribution in [1.82, 2.24) is 0 Å². The van der Waals surface area contributed by atoms with Crippen molar-refractivity contribution < 1.29 is 33.3 Å². The molecule has 0 bridgehead atoms. The fourth-order valence-electron chi connectivity index (χ4n) is 5.84. The van der Waals surface area contributed by atoms with Gasteiger partial charge in [-0.05, 0) is 98.8 Å². The molecule has 39 heavy (non-hydrogen) atoms. The molecule has 0 amide bonds. The van der Waals surface area contributed by atoms with E-state index in [0.717, 1.165) is 25.3 Å². The minimum absolute atomic E-state index is 0. The maximum Gasteiger partial charge on any atom is 0.263 e. The Bertz CT molecular complexity index is 1520. The Hall–Kier alpha value is -1.68. The lowest BCUT2D eigenvalue weighted by Gasteiger charge is -2.28. The summed E-state index contributed by atoms with van der Waals surface area (Å²) in [5.41, 5.74) is 7.04. The topological polar surface area (TPSA) is 16.4 Å². The highest BCUT2D eigenvalue weighted by Gasteiger charge is 2.27. The average Bonchev–Trinajstić information content (AvgIpc) is 3.47. The van der Waals surface area contributed by atoms with Crippen LogP contribution in [0.1, 0.15) is 44.5 Å². The number of fused-ring (bicyclic) bond motifs is 3. The number of allylic oxidation sites excluding steroid dienone is 6. The lowest BCUT2D eigenvalue weighted by atomic mass is 9.77. The number of anilines is 1. The van der Waals surface area contributed by atoms with Crippen molar-refractivity contribution in [2.24, 2.45) is 5.92 Å². The highest BCUT2D eigenvalue weighted by Crippen LogP contribution is 2.48. The minimum atomic E-state index is 0. The van der Waals surface area contributed by atoms with E-state index in [4.69, 9.17) is 4.74 Å². The number of hydrogen-bond acceptors (Lipinski definition) is 5. The average molecular weight is 687 g/mol. The number of rotatable bonds is 6. The van der Waals surface area contributed by atoms with Crippen LogP contribution in [0.4, 0.5) is 5.69 Å². The molecule has 3 nitrogen and oxygen atoms in total. The number of thiazole rings is 1. The predicted octanol–water partition coefficient (Wildman–Crippen LogP) is 5.86. The molecule has 2 heterocycles. The molecule has 7 heteroatoms. The van der Waals surface area contributed by atoms with Crippen molar-refractivity contribution in [1.29, 1.82) is 0 Å². The zero-order valence-corrected chi connectivity index (χ0v) is 27.6. The van der Waals surface area contributed by atoms with Crippen LogP contribution < -0.4 is 38.2 Å². The van der Waals surface area contributed by atoms with E-state index in [2.05, 4.69) is 90.3 Å².